The summed E-state index contributed by atoms with van der Waals surface area (Å²) in [7, 11) is 1.91. The summed E-state index contributed by atoms with van der Waals surface area (Å²) in [5, 5.41) is 19.5. The van der Waals surface area contributed by atoms with E-state index >= 15 is 0 Å². The summed E-state index contributed by atoms with van der Waals surface area (Å²) in [6.07, 6.45) is 0.726. The lowest BCUT2D eigenvalue weighted by molar-refractivity contribution is 0.194. The van der Waals surface area contributed by atoms with Crippen LogP contribution in [-0.2, 0) is 0 Å². The summed E-state index contributed by atoms with van der Waals surface area (Å²) in [4.78, 5) is 12.1. The van der Waals surface area contributed by atoms with Crippen LogP contribution in [0.15, 0.2) is 18.2 Å². The number of anilines is 1. The Hall–Kier alpha value is -1.09. The van der Waals surface area contributed by atoms with Gasteiger partial charge in [0.2, 0.25) is 0 Å². The topological polar surface area (TPSA) is 89.2 Å². The SMILES string of the molecule is CNCCNC1CC(C)NC(NC(=O)Nc2ccc(Cl)c(Cl)c2)N1. The van der Waals surface area contributed by atoms with E-state index in [4.69, 9.17) is 23.2 Å². The molecular formula is C15H24Cl2N6O. The third-order valence-electron chi connectivity index (χ3n) is 3.63. The van der Waals surface area contributed by atoms with Gasteiger partial charge in [-0.2, -0.15) is 0 Å². The van der Waals surface area contributed by atoms with E-state index in [9.17, 15) is 4.79 Å². The Kier molecular flexibility index (Phi) is 7.54. The van der Waals surface area contributed by atoms with Crippen molar-refractivity contribution < 1.29 is 4.79 Å². The summed E-state index contributed by atoms with van der Waals surface area (Å²) >= 11 is 11.8. The number of urea groups is 1. The zero-order valence-electron chi connectivity index (χ0n) is 13.7. The zero-order chi connectivity index (χ0) is 17.5. The van der Waals surface area contributed by atoms with Gasteiger partial charge in [-0.3, -0.25) is 10.6 Å². The number of hydrogen-bond acceptors (Lipinski definition) is 5. The number of halogens is 2. The Morgan fingerprint density at radius 2 is 2.04 bits per heavy atom. The summed E-state index contributed by atoms with van der Waals surface area (Å²) in [5.41, 5.74) is 0.578. The van der Waals surface area contributed by atoms with Crippen LogP contribution in [-0.4, -0.2) is 44.7 Å². The first-order chi connectivity index (χ1) is 11.5. The summed E-state index contributed by atoms with van der Waals surface area (Å²) < 4.78 is 0. The lowest BCUT2D eigenvalue weighted by Gasteiger charge is -2.36. The molecule has 7 nitrogen and oxygen atoms in total. The van der Waals surface area contributed by atoms with Crippen LogP contribution in [0.25, 0.3) is 0 Å². The van der Waals surface area contributed by atoms with Crippen LogP contribution < -0.4 is 31.9 Å². The normalized spacial score (nSPS) is 23.8. The molecule has 3 unspecified atom stereocenters. The van der Waals surface area contributed by atoms with E-state index in [0.717, 1.165) is 19.5 Å². The van der Waals surface area contributed by atoms with Crippen molar-refractivity contribution in [3.8, 4) is 0 Å². The molecule has 0 saturated carbocycles. The number of carbonyl (C=O) groups is 1. The monoisotopic (exact) mass is 374 g/mol. The molecule has 0 bridgehead atoms. The van der Waals surface area contributed by atoms with E-state index in [0.29, 0.717) is 15.7 Å². The molecule has 134 valence electrons. The summed E-state index contributed by atoms with van der Waals surface area (Å²) in [5.74, 6) is 0. The van der Waals surface area contributed by atoms with E-state index in [1.165, 1.54) is 0 Å². The van der Waals surface area contributed by atoms with Crippen molar-refractivity contribution >= 4 is 34.9 Å². The highest BCUT2D eigenvalue weighted by Crippen LogP contribution is 2.24. The second-order valence-corrected chi connectivity index (χ2v) is 6.56. The maximum Gasteiger partial charge on any atom is 0.321 e. The van der Waals surface area contributed by atoms with Crippen LogP contribution in [0, 0.1) is 0 Å². The molecule has 0 radical (unpaired) electrons. The van der Waals surface area contributed by atoms with E-state index < -0.39 is 0 Å². The van der Waals surface area contributed by atoms with Crippen molar-refractivity contribution in [1.29, 1.82) is 0 Å². The average Bonchev–Trinajstić information content (AvgIpc) is 2.50. The third kappa shape index (κ3) is 6.08. The quantitative estimate of drug-likeness (QED) is 0.425. The third-order valence-corrected chi connectivity index (χ3v) is 4.37. The van der Waals surface area contributed by atoms with Gasteiger partial charge < -0.3 is 21.3 Å². The van der Waals surface area contributed by atoms with Crippen LogP contribution in [0.4, 0.5) is 10.5 Å². The molecule has 1 aliphatic rings. The molecule has 1 heterocycles. The highest BCUT2D eigenvalue weighted by atomic mass is 35.5. The van der Waals surface area contributed by atoms with Gasteiger partial charge in [0.1, 0.15) is 6.29 Å². The van der Waals surface area contributed by atoms with Crippen LogP contribution in [0.2, 0.25) is 10.0 Å². The minimum atomic E-state index is -0.332. The van der Waals surface area contributed by atoms with Crippen molar-refractivity contribution in [1.82, 2.24) is 26.6 Å². The van der Waals surface area contributed by atoms with Crippen molar-refractivity contribution in [2.45, 2.75) is 31.8 Å². The number of benzene rings is 1. The number of rotatable bonds is 6. The predicted octanol–water partition coefficient (Wildman–Crippen LogP) is 1.51. The van der Waals surface area contributed by atoms with Gasteiger partial charge in [-0.25, -0.2) is 4.79 Å². The maximum absolute atomic E-state index is 12.1. The average molecular weight is 375 g/mol. The highest BCUT2D eigenvalue weighted by molar-refractivity contribution is 6.42. The second-order valence-electron chi connectivity index (χ2n) is 5.74. The molecule has 1 aromatic carbocycles. The number of hydrogen-bond donors (Lipinski definition) is 6. The van der Waals surface area contributed by atoms with Gasteiger partial charge in [0.05, 0.1) is 16.2 Å². The highest BCUT2D eigenvalue weighted by Gasteiger charge is 2.25. The van der Waals surface area contributed by atoms with E-state index in [1.54, 1.807) is 18.2 Å². The smallest absolute Gasteiger partial charge is 0.318 e. The Bertz CT molecular complexity index is 559. The molecule has 9 heteroatoms. The Balaban J connectivity index is 1.84. The lowest BCUT2D eigenvalue weighted by Crippen LogP contribution is -2.68. The molecule has 1 aliphatic heterocycles. The molecule has 1 aromatic rings. The first-order valence-corrected chi connectivity index (χ1v) is 8.66. The Labute approximate surface area is 152 Å². The maximum atomic E-state index is 12.1. The summed E-state index contributed by atoms with van der Waals surface area (Å²) in [6.45, 7) is 3.82. The molecular weight excluding hydrogens is 351 g/mol. The molecule has 2 amide bonds. The van der Waals surface area contributed by atoms with Crippen molar-refractivity contribution in [3.63, 3.8) is 0 Å². The molecule has 6 N–H and O–H groups in total. The molecule has 0 aliphatic carbocycles. The van der Waals surface area contributed by atoms with E-state index in [2.05, 4.69) is 38.8 Å². The molecule has 24 heavy (non-hydrogen) atoms. The largest absolute Gasteiger partial charge is 0.321 e. The van der Waals surface area contributed by atoms with Gasteiger partial charge in [0.15, 0.2) is 0 Å². The number of carbonyl (C=O) groups excluding carboxylic acids is 1. The van der Waals surface area contributed by atoms with Gasteiger partial charge in [0.25, 0.3) is 0 Å². The fourth-order valence-corrected chi connectivity index (χ4v) is 2.79. The molecule has 2 rings (SSSR count). The fourth-order valence-electron chi connectivity index (χ4n) is 2.49. The van der Waals surface area contributed by atoms with E-state index in [1.807, 2.05) is 7.05 Å². The molecule has 0 aromatic heterocycles. The van der Waals surface area contributed by atoms with Crippen LogP contribution in [0.5, 0.6) is 0 Å². The fraction of sp³-hybridized carbons (Fsp3) is 0.533. The standard InChI is InChI=1S/C15H24Cl2N6O/c1-9-7-13(19-6-5-18-2)22-14(20-9)23-15(24)21-10-3-4-11(16)12(17)8-10/h3-4,8-9,13-14,18-20,22H,5-7H2,1-2H3,(H2,21,23,24). The Morgan fingerprint density at radius 1 is 1.25 bits per heavy atom. The minimum Gasteiger partial charge on any atom is -0.318 e. The zero-order valence-corrected chi connectivity index (χ0v) is 15.3. The molecule has 3 atom stereocenters. The van der Waals surface area contributed by atoms with Crippen molar-refractivity contribution in [2.24, 2.45) is 0 Å². The second kappa shape index (κ2) is 9.41. The molecule has 1 saturated heterocycles. The van der Waals surface area contributed by atoms with Gasteiger partial charge in [0, 0.05) is 24.8 Å². The van der Waals surface area contributed by atoms with Gasteiger partial charge in [-0.1, -0.05) is 23.2 Å². The summed E-state index contributed by atoms with van der Waals surface area (Å²) in [6, 6.07) is 4.88. The lowest BCUT2D eigenvalue weighted by atomic mass is 10.1. The minimum absolute atomic E-state index is 0.130. The molecule has 1 fully saturated rings. The number of nitrogens with one attached hydrogen (secondary N) is 6. The number of amides is 2. The number of likely N-dealkylation sites (N-methyl/N-ethyl adjacent to an activating group) is 1. The van der Waals surface area contributed by atoms with E-state index in [-0.39, 0.29) is 24.5 Å². The van der Waals surface area contributed by atoms with Gasteiger partial charge >= 0.3 is 6.03 Å². The first kappa shape index (κ1) is 19.2. The van der Waals surface area contributed by atoms with Crippen molar-refractivity contribution in [2.75, 3.05) is 25.5 Å². The van der Waals surface area contributed by atoms with Crippen LogP contribution in [0.1, 0.15) is 13.3 Å². The molecule has 0 spiro atoms. The van der Waals surface area contributed by atoms with Gasteiger partial charge in [-0.05, 0) is 38.6 Å². The predicted molar refractivity (Wildman–Crippen MR) is 98.5 cm³/mol. The van der Waals surface area contributed by atoms with Crippen molar-refractivity contribution in [3.05, 3.63) is 28.2 Å². The van der Waals surface area contributed by atoms with Crippen LogP contribution in [0.3, 0.4) is 0 Å². The first-order valence-electron chi connectivity index (χ1n) is 7.90. The Morgan fingerprint density at radius 3 is 2.75 bits per heavy atom. The van der Waals surface area contributed by atoms with Crippen LogP contribution >= 0.6 is 23.2 Å². The van der Waals surface area contributed by atoms with Gasteiger partial charge in [-0.15, -0.1) is 0 Å².